The zero-order valence-corrected chi connectivity index (χ0v) is 10.7. The number of pyridine rings is 1. The molecule has 2 rings (SSSR count). The van der Waals surface area contributed by atoms with Crippen LogP contribution >= 0.6 is 0 Å². The SMILES string of the molecule is CNc1nc(-c2ccccc2OC)ccc1C(=O)O. The lowest BCUT2D eigenvalue weighted by molar-refractivity contribution is 0.0697. The van der Waals surface area contributed by atoms with E-state index < -0.39 is 5.97 Å². The first-order valence-corrected chi connectivity index (χ1v) is 5.73. The fraction of sp³-hybridized carbons (Fsp3) is 0.143. The number of hydrogen-bond acceptors (Lipinski definition) is 4. The van der Waals surface area contributed by atoms with Crippen LogP contribution in [-0.4, -0.2) is 30.2 Å². The van der Waals surface area contributed by atoms with Gasteiger partial charge < -0.3 is 15.2 Å². The second-order valence-electron chi connectivity index (χ2n) is 3.85. The van der Waals surface area contributed by atoms with E-state index in [1.165, 1.54) is 6.07 Å². The molecular formula is C14H14N2O3. The molecule has 0 radical (unpaired) electrons. The summed E-state index contributed by atoms with van der Waals surface area (Å²) >= 11 is 0. The van der Waals surface area contributed by atoms with Crippen molar-refractivity contribution in [1.82, 2.24) is 4.98 Å². The summed E-state index contributed by atoms with van der Waals surface area (Å²) in [5.41, 5.74) is 1.62. The van der Waals surface area contributed by atoms with Crippen LogP contribution in [0.5, 0.6) is 5.75 Å². The first kappa shape index (κ1) is 12.9. The lowest BCUT2D eigenvalue weighted by atomic mass is 10.1. The summed E-state index contributed by atoms with van der Waals surface area (Å²) < 4.78 is 5.27. The third-order valence-corrected chi connectivity index (χ3v) is 2.75. The van der Waals surface area contributed by atoms with Crippen LogP contribution in [-0.2, 0) is 0 Å². The van der Waals surface area contributed by atoms with Crippen LogP contribution in [0.15, 0.2) is 36.4 Å². The molecule has 2 N–H and O–H groups in total. The molecule has 0 saturated heterocycles. The first-order valence-electron chi connectivity index (χ1n) is 5.73. The van der Waals surface area contributed by atoms with Crippen molar-refractivity contribution >= 4 is 11.8 Å². The highest BCUT2D eigenvalue weighted by Gasteiger charge is 2.13. The number of aromatic nitrogens is 1. The van der Waals surface area contributed by atoms with Crippen molar-refractivity contribution in [2.24, 2.45) is 0 Å². The van der Waals surface area contributed by atoms with Crippen molar-refractivity contribution in [2.75, 3.05) is 19.5 Å². The van der Waals surface area contributed by atoms with Gasteiger partial charge in [-0.3, -0.25) is 0 Å². The maximum absolute atomic E-state index is 11.0. The molecule has 0 amide bonds. The average Bonchev–Trinajstić information content (AvgIpc) is 2.46. The Balaban J connectivity index is 2.55. The molecular weight excluding hydrogens is 244 g/mol. The Morgan fingerprint density at radius 3 is 2.63 bits per heavy atom. The van der Waals surface area contributed by atoms with Crippen LogP contribution in [0.4, 0.5) is 5.82 Å². The molecule has 2 aromatic rings. The molecule has 5 heteroatoms. The Morgan fingerprint density at radius 2 is 2.00 bits per heavy atom. The van der Waals surface area contributed by atoms with Crippen molar-refractivity contribution < 1.29 is 14.6 Å². The normalized spacial score (nSPS) is 10.0. The third kappa shape index (κ3) is 2.49. The topological polar surface area (TPSA) is 71.5 Å². The maximum Gasteiger partial charge on any atom is 0.339 e. The predicted octanol–water partition coefficient (Wildman–Crippen LogP) is 2.50. The highest BCUT2D eigenvalue weighted by Crippen LogP contribution is 2.29. The van der Waals surface area contributed by atoms with Gasteiger partial charge in [0.25, 0.3) is 0 Å². The number of ether oxygens (including phenoxy) is 1. The molecule has 1 heterocycles. The van der Waals surface area contributed by atoms with Gasteiger partial charge in [-0.1, -0.05) is 12.1 Å². The molecule has 5 nitrogen and oxygen atoms in total. The van der Waals surface area contributed by atoms with Crippen molar-refractivity contribution in [1.29, 1.82) is 0 Å². The van der Waals surface area contributed by atoms with Crippen molar-refractivity contribution in [3.63, 3.8) is 0 Å². The van der Waals surface area contributed by atoms with Crippen molar-refractivity contribution in [3.8, 4) is 17.0 Å². The van der Waals surface area contributed by atoms with Gasteiger partial charge in [-0.2, -0.15) is 0 Å². The number of carbonyl (C=O) groups is 1. The number of hydrogen-bond donors (Lipinski definition) is 2. The molecule has 19 heavy (non-hydrogen) atoms. The number of methoxy groups -OCH3 is 1. The number of aromatic carboxylic acids is 1. The summed E-state index contributed by atoms with van der Waals surface area (Å²) in [4.78, 5) is 15.4. The van der Waals surface area contributed by atoms with Crippen molar-refractivity contribution in [3.05, 3.63) is 42.0 Å². The van der Waals surface area contributed by atoms with Gasteiger partial charge in [0.15, 0.2) is 0 Å². The zero-order chi connectivity index (χ0) is 13.8. The molecule has 0 atom stereocenters. The minimum absolute atomic E-state index is 0.140. The summed E-state index contributed by atoms with van der Waals surface area (Å²) in [6.45, 7) is 0. The van der Waals surface area contributed by atoms with Gasteiger partial charge >= 0.3 is 5.97 Å². The van der Waals surface area contributed by atoms with E-state index in [9.17, 15) is 4.79 Å². The minimum Gasteiger partial charge on any atom is -0.496 e. The molecule has 0 aliphatic rings. The Kier molecular flexibility index (Phi) is 3.66. The molecule has 0 aliphatic heterocycles. The summed E-state index contributed by atoms with van der Waals surface area (Å²) in [5, 5.41) is 11.8. The number of nitrogens with zero attached hydrogens (tertiary/aromatic N) is 1. The molecule has 1 aromatic carbocycles. The second-order valence-corrected chi connectivity index (χ2v) is 3.85. The lowest BCUT2D eigenvalue weighted by Crippen LogP contribution is -2.05. The van der Waals surface area contributed by atoms with Crippen LogP contribution in [0.1, 0.15) is 10.4 Å². The smallest absolute Gasteiger partial charge is 0.339 e. The number of nitrogens with one attached hydrogen (secondary N) is 1. The van der Waals surface area contributed by atoms with Gasteiger partial charge in [0, 0.05) is 12.6 Å². The zero-order valence-electron chi connectivity index (χ0n) is 10.7. The van der Waals surface area contributed by atoms with Gasteiger partial charge in [-0.25, -0.2) is 9.78 Å². The fourth-order valence-electron chi connectivity index (χ4n) is 1.83. The molecule has 98 valence electrons. The molecule has 0 aliphatic carbocycles. The van der Waals surface area contributed by atoms with E-state index in [-0.39, 0.29) is 5.56 Å². The number of rotatable bonds is 4. The van der Waals surface area contributed by atoms with Crippen molar-refractivity contribution in [2.45, 2.75) is 0 Å². The summed E-state index contributed by atoms with van der Waals surface area (Å²) in [7, 11) is 3.23. The van der Waals surface area contributed by atoms with Crippen LogP contribution < -0.4 is 10.1 Å². The average molecular weight is 258 g/mol. The molecule has 0 fully saturated rings. The molecule has 0 spiro atoms. The van der Waals surface area contributed by atoms with Crippen LogP contribution in [0.25, 0.3) is 11.3 Å². The number of para-hydroxylation sites is 1. The largest absolute Gasteiger partial charge is 0.496 e. The Bertz CT molecular complexity index is 611. The highest BCUT2D eigenvalue weighted by molar-refractivity contribution is 5.93. The lowest BCUT2D eigenvalue weighted by Gasteiger charge is -2.10. The summed E-state index contributed by atoms with van der Waals surface area (Å²) in [5.74, 6) is 0.0134. The van der Waals surface area contributed by atoms with Gasteiger partial charge in [-0.05, 0) is 24.3 Å². The van der Waals surface area contributed by atoms with E-state index in [0.717, 1.165) is 5.56 Å². The minimum atomic E-state index is -1.01. The number of carboxylic acids is 1. The number of anilines is 1. The Hall–Kier alpha value is -2.56. The molecule has 0 unspecified atom stereocenters. The van der Waals surface area contributed by atoms with Gasteiger partial charge in [0.1, 0.15) is 17.1 Å². The predicted molar refractivity (Wildman–Crippen MR) is 72.7 cm³/mol. The van der Waals surface area contributed by atoms with E-state index in [2.05, 4.69) is 10.3 Å². The van der Waals surface area contributed by atoms with Crippen LogP contribution in [0.2, 0.25) is 0 Å². The van der Waals surface area contributed by atoms with E-state index in [1.54, 1.807) is 20.2 Å². The van der Waals surface area contributed by atoms with Crippen LogP contribution in [0, 0.1) is 0 Å². The van der Waals surface area contributed by atoms with E-state index in [1.807, 2.05) is 24.3 Å². The third-order valence-electron chi connectivity index (χ3n) is 2.75. The molecule has 0 saturated carbocycles. The van der Waals surface area contributed by atoms with E-state index in [4.69, 9.17) is 9.84 Å². The first-order chi connectivity index (χ1) is 9.17. The highest BCUT2D eigenvalue weighted by atomic mass is 16.5. The van der Waals surface area contributed by atoms with E-state index in [0.29, 0.717) is 17.3 Å². The molecule has 0 bridgehead atoms. The number of benzene rings is 1. The monoisotopic (exact) mass is 258 g/mol. The van der Waals surface area contributed by atoms with Crippen LogP contribution in [0.3, 0.4) is 0 Å². The number of carboxylic acid groups (broad SMARTS) is 1. The Morgan fingerprint density at radius 1 is 1.26 bits per heavy atom. The maximum atomic E-state index is 11.0. The van der Waals surface area contributed by atoms with Gasteiger partial charge in [-0.15, -0.1) is 0 Å². The Labute approximate surface area is 110 Å². The fourth-order valence-corrected chi connectivity index (χ4v) is 1.83. The second kappa shape index (κ2) is 5.39. The quantitative estimate of drug-likeness (QED) is 0.881. The van der Waals surface area contributed by atoms with Gasteiger partial charge in [0.05, 0.1) is 12.8 Å². The summed E-state index contributed by atoms with van der Waals surface area (Å²) in [6.07, 6.45) is 0. The van der Waals surface area contributed by atoms with E-state index >= 15 is 0 Å². The summed E-state index contributed by atoms with van der Waals surface area (Å²) in [6, 6.07) is 10.7. The standard InChI is InChI=1S/C14H14N2O3/c1-15-13-10(14(17)18)7-8-11(16-13)9-5-3-4-6-12(9)19-2/h3-8H,1-2H3,(H,15,16)(H,17,18). The molecule has 1 aromatic heterocycles. The van der Waals surface area contributed by atoms with Gasteiger partial charge in [0.2, 0.25) is 0 Å².